The van der Waals surface area contributed by atoms with Crippen LogP contribution in [-0.2, 0) is 0 Å². The summed E-state index contributed by atoms with van der Waals surface area (Å²) in [6.45, 7) is 0. The standard InChI is InChI=1S/C25H17NO2/c27-16-19-15-18(11-14-25(19)28)17-9-12-20(13-10-17)26-23-7-3-1-5-21(23)22-6-2-4-8-24(22)26/h1-16,28H. The third-order valence-corrected chi connectivity index (χ3v) is 5.19. The molecule has 0 atom stereocenters. The number of carbonyl (C=O) groups excluding carboxylic acids is 1. The van der Waals surface area contributed by atoms with Crippen molar-refractivity contribution in [2.24, 2.45) is 0 Å². The number of carbonyl (C=O) groups is 1. The molecule has 1 N–H and O–H groups in total. The van der Waals surface area contributed by atoms with Crippen molar-refractivity contribution in [2.75, 3.05) is 0 Å². The van der Waals surface area contributed by atoms with Crippen molar-refractivity contribution in [3.05, 3.63) is 96.6 Å². The van der Waals surface area contributed by atoms with Gasteiger partial charge in [0.15, 0.2) is 6.29 Å². The highest BCUT2D eigenvalue weighted by atomic mass is 16.3. The lowest BCUT2D eigenvalue weighted by Crippen LogP contribution is -1.93. The topological polar surface area (TPSA) is 42.2 Å². The first-order valence-electron chi connectivity index (χ1n) is 9.13. The number of phenols is 1. The molecule has 0 bridgehead atoms. The summed E-state index contributed by atoms with van der Waals surface area (Å²) >= 11 is 0. The lowest BCUT2D eigenvalue weighted by atomic mass is 10.0. The van der Waals surface area contributed by atoms with E-state index in [1.54, 1.807) is 12.1 Å². The smallest absolute Gasteiger partial charge is 0.153 e. The van der Waals surface area contributed by atoms with E-state index >= 15 is 0 Å². The number of hydrogen-bond acceptors (Lipinski definition) is 2. The molecule has 5 aromatic rings. The first-order valence-corrected chi connectivity index (χ1v) is 9.13. The largest absolute Gasteiger partial charge is 0.507 e. The van der Waals surface area contributed by atoms with Gasteiger partial charge in [0, 0.05) is 16.5 Å². The molecule has 0 fully saturated rings. The maximum absolute atomic E-state index is 11.1. The van der Waals surface area contributed by atoms with E-state index in [0.717, 1.165) is 16.8 Å². The molecule has 3 heteroatoms. The molecule has 1 aromatic heterocycles. The van der Waals surface area contributed by atoms with Crippen molar-refractivity contribution < 1.29 is 9.90 Å². The summed E-state index contributed by atoms with van der Waals surface area (Å²) in [4.78, 5) is 11.1. The van der Waals surface area contributed by atoms with Crippen LogP contribution in [0.3, 0.4) is 0 Å². The van der Waals surface area contributed by atoms with Crippen molar-refractivity contribution >= 4 is 28.1 Å². The van der Waals surface area contributed by atoms with Gasteiger partial charge < -0.3 is 9.67 Å². The lowest BCUT2D eigenvalue weighted by Gasteiger charge is -2.10. The van der Waals surface area contributed by atoms with Crippen LogP contribution >= 0.6 is 0 Å². The van der Waals surface area contributed by atoms with E-state index in [1.807, 2.05) is 18.2 Å². The van der Waals surface area contributed by atoms with Gasteiger partial charge in [-0.2, -0.15) is 0 Å². The summed E-state index contributed by atoms with van der Waals surface area (Å²) in [5.74, 6) is 0.000603. The number of para-hydroxylation sites is 2. The number of fused-ring (bicyclic) bond motifs is 3. The summed E-state index contributed by atoms with van der Waals surface area (Å²) < 4.78 is 2.27. The Hall–Kier alpha value is -3.85. The van der Waals surface area contributed by atoms with Crippen LogP contribution in [0.15, 0.2) is 91.0 Å². The third kappa shape index (κ3) is 2.48. The molecule has 28 heavy (non-hydrogen) atoms. The summed E-state index contributed by atoms with van der Waals surface area (Å²) in [5.41, 5.74) is 5.61. The van der Waals surface area contributed by atoms with E-state index in [4.69, 9.17) is 0 Å². The fourth-order valence-electron chi connectivity index (χ4n) is 3.83. The Morgan fingerprint density at radius 2 is 1.25 bits per heavy atom. The minimum atomic E-state index is 0.000603. The molecule has 0 aliphatic rings. The molecular formula is C25H17NO2. The Morgan fingerprint density at radius 1 is 0.679 bits per heavy atom. The lowest BCUT2D eigenvalue weighted by molar-refractivity contribution is 0.112. The van der Waals surface area contributed by atoms with E-state index < -0.39 is 0 Å². The van der Waals surface area contributed by atoms with Crippen LogP contribution < -0.4 is 0 Å². The van der Waals surface area contributed by atoms with Crippen molar-refractivity contribution in [1.82, 2.24) is 4.57 Å². The summed E-state index contributed by atoms with van der Waals surface area (Å²) in [7, 11) is 0. The van der Waals surface area contributed by atoms with Crippen LogP contribution in [0, 0.1) is 0 Å². The molecule has 5 rings (SSSR count). The number of aromatic hydroxyl groups is 1. The zero-order valence-electron chi connectivity index (χ0n) is 15.0. The van der Waals surface area contributed by atoms with Crippen LogP contribution in [0.2, 0.25) is 0 Å². The second-order valence-corrected chi connectivity index (χ2v) is 6.81. The molecule has 1 heterocycles. The highest BCUT2D eigenvalue weighted by Gasteiger charge is 2.11. The minimum absolute atomic E-state index is 0.000603. The predicted molar refractivity (Wildman–Crippen MR) is 113 cm³/mol. The molecular weight excluding hydrogens is 346 g/mol. The van der Waals surface area contributed by atoms with Crippen LogP contribution in [0.25, 0.3) is 38.6 Å². The van der Waals surface area contributed by atoms with Crippen molar-refractivity contribution in [3.63, 3.8) is 0 Å². The van der Waals surface area contributed by atoms with Gasteiger partial charge in [-0.3, -0.25) is 4.79 Å². The molecule has 0 aliphatic heterocycles. The maximum Gasteiger partial charge on any atom is 0.153 e. The van der Waals surface area contributed by atoms with Crippen LogP contribution in [-0.4, -0.2) is 16.0 Å². The van der Waals surface area contributed by atoms with Gasteiger partial charge in [0.25, 0.3) is 0 Å². The van der Waals surface area contributed by atoms with Gasteiger partial charge in [0.1, 0.15) is 5.75 Å². The average molecular weight is 363 g/mol. The zero-order chi connectivity index (χ0) is 19.1. The number of hydrogen-bond donors (Lipinski definition) is 1. The van der Waals surface area contributed by atoms with Gasteiger partial charge in [-0.1, -0.05) is 54.6 Å². The number of rotatable bonds is 3. The summed E-state index contributed by atoms with van der Waals surface area (Å²) in [6.07, 6.45) is 0.672. The van der Waals surface area contributed by atoms with Crippen molar-refractivity contribution in [1.29, 1.82) is 0 Å². The monoisotopic (exact) mass is 363 g/mol. The number of benzene rings is 4. The van der Waals surface area contributed by atoms with E-state index in [1.165, 1.54) is 21.8 Å². The second-order valence-electron chi connectivity index (χ2n) is 6.81. The zero-order valence-corrected chi connectivity index (χ0v) is 15.0. The van der Waals surface area contributed by atoms with E-state index in [9.17, 15) is 9.90 Å². The van der Waals surface area contributed by atoms with Crippen LogP contribution in [0.4, 0.5) is 0 Å². The Bertz CT molecular complexity index is 1280. The number of nitrogens with zero attached hydrogens (tertiary/aromatic N) is 1. The van der Waals surface area contributed by atoms with E-state index in [-0.39, 0.29) is 5.75 Å². The normalized spacial score (nSPS) is 11.1. The van der Waals surface area contributed by atoms with Gasteiger partial charge in [0.05, 0.1) is 16.6 Å². The molecule has 0 amide bonds. The Kier molecular flexibility index (Phi) is 3.73. The number of aromatic nitrogens is 1. The Labute approximate surface area is 162 Å². The Balaban J connectivity index is 1.66. The van der Waals surface area contributed by atoms with Gasteiger partial charge in [-0.15, -0.1) is 0 Å². The maximum atomic E-state index is 11.1. The molecule has 0 saturated heterocycles. The minimum Gasteiger partial charge on any atom is -0.507 e. The van der Waals surface area contributed by atoms with Gasteiger partial charge >= 0.3 is 0 Å². The highest BCUT2D eigenvalue weighted by molar-refractivity contribution is 6.09. The van der Waals surface area contributed by atoms with Crippen LogP contribution in [0.1, 0.15) is 10.4 Å². The first kappa shape index (κ1) is 16.3. The molecule has 0 radical (unpaired) electrons. The molecule has 134 valence electrons. The molecule has 4 aromatic carbocycles. The third-order valence-electron chi connectivity index (χ3n) is 5.19. The molecule has 0 aliphatic carbocycles. The van der Waals surface area contributed by atoms with Crippen LogP contribution in [0.5, 0.6) is 5.75 Å². The first-order chi connectivity index (χ1) is 13.8. The average Bonchev–Trinajstić information content (AvgIpc) is 3.09. The molecule has 0 saturated carbocycles. The fraction of sp³-hybridized carbons (Fsp3) is 0. The molecule has 0 unspecified atom stereocenters. The van der Waals surface area contributed by atoms with Gasteiger partial charge in [0.2, 0.25) is 0 Å². The number of phenolic OH excluding ortho intramolecular Hbond substituents is 1. The van der Waals surface area contributed by atoms with Gasteiger partial charge in [-0.05, 0) is 47.5 Å². The second kappa shape index (κ2) is 6.39. The van der Waals surface area contributed by atoms with Gasteiger partial charge in [-0.25, -0.2) is 0 Å². The van der Waals surface area contributed by atoms with Crippen molar-refractivity contribution in [3.8, 4) is 22.6 Å². The highest BCUT2D eigenvalue weighted by Crippen LogP contribution is 2.32. The number of aldehydes is 1. The molecule has 0 spiro atoms. The van der Waals surface area contributed by atoms with Crippen molar-refractivity contribution in [2.45, 2.75) is 0 Å². The predicted octanol–water partition coefficient (Wildman–Crippen LogP) is 5.97. The molecule has 3 nitrogen and oxygen atoms in total. The fourth-order valence-corrected chi connectivity index (χ4v) is 3.83. The quantitative estimate of drug-likeness (QED) is 0.401. The van der Waals surface area contributed by atoms with E-state index in [2.05, 4.69) is 65.2 Å². The SMILES string of the molecule is O=Cc1cc(-c2ccc(-n3c4ccccc4c4ccccc43)cc2)ccc1O. The Morgan fingerprint density at radius 3 is 1.86 bits per heavy atom. The summed E-state index contributed by atoms with van der Waals surface area (Å²) in [5, 5.41) is 12.2. The van der Waals surface area contributed by atoms with E-state index in [0.29, 0.717) is 11.8 Å². The summed E-state index contributed by atoms with van der Waals surface area (Å²) in [6, 6.07) is 30.2.